The Morgan fingerprint density at radius 2 is 1.89 bits per heavy atom. The maximum Gasteiger partial charge on any atom is 0.225 e. The van der Waals surface area contributed by atoms with E-state index in [0.717, 1.165) is 50.3 Å². The molecule has 3 N–H and O–H groups in total. The minimum Gasteiger partial charge on any atom is -0.494 e. The van der Waals surface area contributed by atoms with Crippen molar-refractivity contribution in [3.63, 3.8) is 0 Å². The first-order chi connectivity index (χ1) is 17.1. The average molecular weight is 510 g/mol. The van der Waals surface area contributed by atoms with Gasteiger partial charge in [0.1, 0.15) is 5.75 Å². The number of aromatic nitrogens is 1. The van der Waals surface area contributed by atoms with Crippen molar-refractivity contribution < 1.29 is 9.53 Å². The number of nitrogens with two attached hydrogens (primary N) is 1. The second kappa shape index (κ2) is 11.3. The Hall–Kier alpha value is -2.09. The summed E-state index contributed by atoms with van der Waals surface area (Å²) in [4.78, 5) is 17.2. The molecule has 0 spiro atoms. The van der Waals surface area contributed by atoms with E-state index in [2.05, 4.69) is 34.6 Å². The summed E-state index contributed by atoms with van der Waals surface area (Å²) in [6, 6.07) is 14.5. The molecule has 35 heavy (non-hydrogen) atoms. The van der Waals surface area contributed by atoms with E-state index < -0.39 is 0 Å². The van der Waals surface area contributed by atoms with E-state index in [1.165, 1.54) is 37.7 Å². The lowest BCUT2D eigenvalue weighted by molar-refractivity contribution is -0.115. The third-order valence-corrected chi connectivity index (χ3v) is 9.60. The number of carbonyl (C=O) groups excluding carboxylic acids is 1. The molecule has 0 radical (unpaired) electrons. The first kappa shape index (κ1) is 24.6. The second-order valence-corrected chi connectivity index (χ2v) is 12.4. The van der Waals surface area contributed by atoms with Crippen molar-refractivity contribution in [3.8, 4) is 5.75 Å². The number of rotatable bonds is 9. The molecule has 2 aromatic carbocycles. The SMILES string of the molecule is CCOc1ccc2nc(SCCC(=O)Nc3ccc(C4CC5CC(CN)CC(C5)C4)cc3)sc2c1. The van der Waals surface area contributed by atoms with E-state index in [4.69, 9.17) is 10.5 Å². The molecule has 2 unspecified atom stereocenters. The molecule has 1 aromatic heterocycles. The van der Waals surface area contributed by atoms with E-state index in [1.807, 2.05) is 25.1 Å². The molecule has 3 aromatic rings. The molecule has 5 rings (SSSR count). The molecule has 1 heterocycles. The van der Waals surface area contributed by atoms with Crippen molar-refractivity contribution in [1.82, 2.24) is 4.98 Å². The number of amides is 1. The van der Waals surface area contributed by atoms with E-state index in [0.29, 0.717) is 24.7 Å². The largest absolute Gasteiger partial charge is 0.494 e. The number of thioether (sulfide) groups is 1. The number of nitrogens with zero attached hydrogens (tertiary/aromatic N) is 1. The zero-order chi connectivity index (χ0) is 24.2. The summed E-state index contributed by atoms with van der Waals surface area (Å²) in [6.45, 7) is 3.48. The molecule has 2 atom stereocenters. The highest BCUT2D eigenvalue weighted by Crippen LogP contribution is 2.48. The van der Waals surface area contributed by atoms with Crippen molar-refractivity contribution in [3.05, 3.63) is 48.0 Å². The number of anilines is 1. The quantitative estimate of drug-likeness (QED) is 0.314. The van der Waals surface area contributed by atoms with Crippen LogP contribution in [0.1, 0.15) is 56.9 Å². The van der Waals surface area contributed by atoms with Gasteiger partial charge in [-0.25, -0.2) is 4.98 Å². The number of fused-ring (bicyclic) bond motifs is 3. The van der Waals surface area contributed by atoms with Gasteiger partial charge >= 0.3 is 0 Å². The minimum absolute atomic E-state index is 0.0463. The predicted molar refractivity (Wildman–Crippen MR) is 147 cm³/mol. The van der Waals surface area contributed by atoms with E-state index in [1.54, 1.807) is 23.1 Å². The van der Waals surface area contributed by atoms with Gasteiger partial charge in [-0.2, -0.15) is 0 Å². The van der Waals surface area contributed by atoms with Gasteiger partial charge in [-0.15, -0.1) is 11.3 Å². The molecule has 5 nitrogen and oxygen atoms in total. The van der Waals surface area contributed by atoms with Crippen LogP contribution in [-0.2, 0) is 4.79 Å². The highest BCUT2D eigenvalue weighted by Gasteiger charge is 2.36. The number of hydrogen-bond acceptors (Lipinski definition) is 6. The van der Waals surface area contributed by atoms with Gasteiger partial charge in [-0.1, -0.05) is 23.9 Å². The fourth-order valence-corrected chi connectivity index (χ4v) is 8.05. The molecule has 2 fully saturated rings. The smallest absolute Gasteiger partial charge is 0.225 e. The van der Waals surface area contributed by atoms with Crippen molar-refractivity contribution >= 4 is 44.9 Å². The second-order valence-electron chi connectivity index (χ2n) is 10.0. The lowest BCUT2D eigenvalue weighted by Crippen LogP contribution is -2.33. The Morgan fingerprint density at radius 1 is 1.11 bits per heavy atom. The first-order valence-corrected chi connectivity index (χ1v) is 14.7. The number of benzene rings is 2. The average Bonchev–Trinajstić information content (AvgIpc) is 3.26. The van der Waals surface area contributed by atoms with Crippen molar-refractivity contribution in [2.24, 2.45) is 23.5 Å². The van der Waals surface area contributed by atoms with Gasteiger partial charge in [0.15, 0.2) is 4.34 Å². The van der Waals surface area contributed by atoms with Crippen molar-refractivity contribution in [2.45, 2.75) is 55.7 Å². The fourth-order valence-electron chi connectivity index (χ4n) is 5.95. The maximum atomic E-state index is 12.5. The highest BCUT2D eigenvalue weighted by atomic mass is 32.2. The molecule has 1 amide bonds. The van der Waals surface area contributed by atoms with Crippen LogP contribution in [0.5, 0.6) is 5.75 Å². The van der Waals surface area contributed by atoms with Gasteiger partial charge in [0.25, 0.3) is 0 Å². The Morgan fingerprint density at radius 3 is 2.60 bits per heavy atom. The standard InChI is InChI=1S/C28H35N3O2S2/c1-2-33-24-7-8-25-26(16-24)35-28(31-25)34-10-9-27(32)30-23-5-3-21(4-6-23)22-14-18-11-19(15-22)13-20(12-18)17-29/h3-8,16,18-20,22H,2,9-15,17,29H2,1H3,(H,30,32). The lowest BCUT2D eigenvalue weighted by Gasteiger charge is -2.42. The summed E-state index contributed by atoms with van der Waals surface area (Å²) in [5.41, 5.74) is 9.23. The molecular formula is C28H35N3O2S2. The molecule has 2 aliphatic carbocycles. The Balaban J connectivity index is 1.09. The van der Waals surface area contributed by atoms with Crippen LogP contribution in [0.3, 0.4) is 0 Å². The fraction of sp³-hybridized carbons (Fsp3) is 0.500. The molecule has 2 saturated carbocycles. The summed E-state index contributed by atoms with van der Waals surface area (Å²) in [5, 5.41) is 3.06. The molecule has 2 aliphatic rings. The van der Waals surface area contributed by atoms with Crippen molar-refractivity contribution in [2.75, 3.05) is 24.2 Å². The summed E-state index contributed by atoms with van der Waals surface area (Å²) < 4.78 is 7.68. The van der Waals surface area contributed by atoms with Crippen LogP contribution in [0.25, 0.3) is 10.2 Å². The van der Waals surface area contributed by atoms with E-state index in [9.17, 15) is 4.79 Å². The zero-order valence-electron chi connectivity index (χ0n) is 20.4. The zero-order valence-corrected chi connectivity index (χ0v) is 22.0. The molecule has 7 heteroatoms. The Kier molecular flexibility index (Phi) is 7.95. The molecule has 0 aliphatic heterocycles. The number of ether oxygens (including phenoxy) is 1. The van der Waals surface area contributed by atoms with Gasteiger partial charge in [-0.3, -0.25) is 4.79 Å². The molecule has 0 saturated heterocycles. The van der Waals surface area contributed by atoms with Crippen LogP contribution in [0.2, 0.25) is 0 Å². The number of hydrogen-bond donors (Lipinski definition) is 2. The van der Waals surface area contributed by atoms with Crippen LogP contribution in [0.4, 0.5) is 5.69 Å². The monoisotopic (exact) mass is 509 g/mol. The van der Waals surface area contributed by atoms with E-state index in [-0.39, 0.29) is 5.91 Å². The van der Waals surface area contributed by atoms with Crippen LogP contribution in [0, 0.1) is 17.8 Å². The highest BCUT2D eigenvalue weighted by molar-refractivity contribution is 8.01. The molecule has 186 valence electrons. The summed E-state index contributed by atoms with van der Waals surface area (Å²) in [6.07, 6.45) is 7.04. The van der Waals surface area contributed by atoms with Crippen LogP contribution in [-0.4, -0.2) is 29.8 Å². The third kappa shape index (κ3) is 6.19. The van der Waals surface area contributed by atoms with Crippen LogP contribution >= 0.6 is 23.1 Å². The predicted octanol–water partition coefficient (Wildman–Crippen LogP) is 6.68. The molecule has 2 bridgehead atoms. The van der Waals surface area contributed by atoms with Crippen LogP contribution < -0.4 is 15.8 Å². The van der Waals surface area contributed by atoms with Crippen LogP contribution in [0.15, 0.2) is 46.8 Å². The van der Waals surface area contributed by atoms with Gasteiger partial charge in [-0.05, 0) is 105 Å². The first-order valence-electron chi connectivity index (χ1n) is 12.9. The van der Waals surface area contributed by atoms with Crippen molar-refractivity contribution in [1.29, 1.82) is 0 Å². The summed E-state index contributed by atoms with van der Waals surface area (Å²) in [5.74, 6) is 4.68. The molecular weight excluding hydrogens is 474 g/mol. The maximum absolute atomic E-state index is 12.5. The minimum atomic E-state index is 0.0463. The van der Waals surface area contributed by atoms with Gasteiger partial charge in [0.05, 0.1) is 16.8 Å². The van der Waals surface area contributed by atoms with Gasteiger partial charge in [0.2, 0.25) is 5.91 Å². The summed E-state index contributed by atoms with van der Waals surface area (Å²) in [7, 11) is 0. The summed E-state index contributed by atoms with van der Waals surface area (Å²) >= 11 is 3.28. The lowest BCUT2D eigenvalue weighted by atomic mass is 9.63. The topological polar surface area (TPSA) is 77.2 Å². The van der Waals surface area contributed by atoms with Gasteiger partial charge in [0, 0.05) is 17.9 Å². The third-order valence-electron chi connectivity index (χ3n) is 7.44. The number of thiazole rings is 1. The van der Waals surface area contributed by atoms with E-state index >= 15 is 0 Å². The van der Waals surface area contributed by atoms with Gasteiger partial charge < -0.3 is 15.8 Å². The number of carbonyl (C=O) groups is 1. The normalized spacial score (nSPS) is 23.8. The Bertz CT molecular complexity index is 1130. The number of nitrogens with one attached hydrogen (secondary N) is 1. The Labute approximate surface area is 216 Å².